The molecule has 29 heavy (non-hydrogen) atoms. The van der Waals surface area contributed by atoms with Crippen LogP contribution in [-0.4, -0.2) is 36.9 Å². The summed E-state index contributed by atoms with van der Waals surface area (Å²) in [7, 11) is 0. The molecule has 5 rings (SSSR count). The molecule has 4 unspecified atom stereocenters. The van der Waals surface area contributed by atoms with Crippen LogP contribution in [-0.2, 0) is 9.63 Å². The van der Waals surface area contributed by atoms with Crippen LogP contribution < -0.4 is 5.32 Å². The molecule has 0 aromatic rings. The van der Waals surface area contributed by atoms with Gasteiger partial charge in [-0.2, -0.15) is 0 Å². The molecular formula is C24H35FN2O2. The van der Waals surface area contributed by atoms with Gasteiger partial charge in [0.2, 0.25) is 0 Å². The van der Waals surface area contributed by atoms with Gasteiger partial charge in [-0.25, -0.2) is 4.39 Å². The van der Waals surface area contributed by atoms with Crippen LogP contribution >= 0.6 is 0 Å². The fourth-order valence-electron chi connectivity index (χ4n) is 7.79. The van der Waals surface area contributed by atoms with Crippen LogP contribution in [0.4, 0.5) is 4.39 Å². The summed E-state index contributed by atoms with van der Waals surface area (Å²) in [4.78, 5) is 18.4. The van der Waals surface area contributed by atoms with Crippen LogP contribution in [0, 0.1) is 34.5 Å². The van der Waals surface area contributed by atoms with E-state index in [1.165, 1.54) is 11.3 Å². The topological polar surface area (TPSA) is 50.7 Å². The molecule has 0 bridgehead atoms. The largest absolute Gasteiger partial charge is 0.391 e. The summed E-state index contributed by atoms with van der Waals surface area (Å²) in [5, 5.41) is 7.86. The summed E-state index contributed by atoms with van der Waals surface area (Å²) < 4.78 is 15.0. The maximum absolute atomic E-state index is 15.0. The van der Waals surface area contributed by atoms with E-state index >= 15 is 4.39 Å². The molecule has 4 nitrogen and oxygen atoms in total. The molecule has 0 spiro atoms. The van der Waals surface area contributed by atoms with E-state index < -0.39 is 11.6 Å². The highest BCUT2D eigenvalue weighted by atomic mass is 19.1. The number of fused-ring (bicyclic) bond motifs is 5. The molecule has 4 aliphatic carbocycles. The zero-order chi connectivity index (χ0) is 20.4. The van der Waals surface area contributed by atoms with E-state index in [0.717, 1.165) is 58.0 Å². The number of nitrogens with one attached hydrogen (secondary N) is 1. The molecule has 0 aromatic heterocycles. The number of nitrogens with zero attached hydrogens (tertiary/aromatic N) is 1. The van der Waals surface area contributed by atoms with E-state index in [4.69, 9.17) is 4.84 Å². The quantitative estimate of drug-likeness (QED) is 0.548. The van der Waals surface area contributed by atoms with Crippen LogP contribution in [0.15, 0.2) is 17.3 Å². The summed E-state index contributed by atoms with van der Waals surface area (Å²) in [5.41, 5.74) is 2.10. The molecule has 0 radical (unpaired) electrons. The number of carbonyl (C=O) groups excluding carboxylic acids is 1. The molecule has 5 fully saturated rings. The Hall–Kier alpha value is -1.23. The second-order valence-corrected chi connectivity index (χ2v) is 10.9. The Morgan fingerprint density at radius 1 is 1.21 bits per heavy atom. The Balaban J connectivity index is 1.37. The number of carbonyl (C=O) groups is 1. The first kappa shape index (κ1) is 19.7. The average Bonchev–Trinajstić information content (AvgIpc) is 3.27. The Morgan fingerprint density at radius 2 is 2.03 bits per heavy atom. The minimum Gasteiger partial charge on any atom is -0.391 e. The molecule has 4 saturated carbocycles. The van der Waals surface area contributed by atoms with E-state index in [0.29, 0.717) is 11.8 Å². The predicted octanol–water partition coefficient (Wildman–Crippen LogP) is 4.45. The monoisotopic (exact) mass is 402 g/mol. The normalized spacial score (nSPS) is 50.9. The van der Waals surface area contributed by atoms with E-state index in [-0.39, 0.29) is 35.6 Å². The van der Waals surface area contributed by atoms with Gasteiger partial charge in [-0.05, 0) is 68.2 Å². The molecule has 1 aliphatic heterocycles. The van der Waals surface area contributed by atoms with E-state index in [1.54, 1.807) is 0 Å². The minimum atomic E-state index is -0.970. The predicted molar refractivity (Wildman–Crippen MR) is 111 cm³/mol. The van der Waals surface area contributed by atoms with Crippen molar-refractivity contribution in [2.75, 3.05) is 13.1 Å². The van der Waals surface area contributed by atoms with Gasteiger partial charge in [0, 0.05) is 30.7 Å². The van der Waals surface area contributed by atoms with Crippen molar-refractivity contribution in [3.05, 3.63) is 12.2 Å². The summed E-state index contributed by atoms with van der Waals surface area (Å²) in [6, 6.07) is 0. The summed E-state index contributed by atoms with van der Waals surface area (Å²) in [6.45, 7) is 10.8. The van der Waals surface area contributed by atoms with E-state index in [1.807, 2.05) is 6.92 Å². The maximum atomic E-state index is 15.0. The van der Waals surface area contributed by atoms with Gasteiger partial charge in [-0.15, -0.1) is 0 Å². The second-order valence-electron chi connectivity index (χ2n) is 10.9. The molecule has 1 heterocycles. The summed E-state index contributed by atoms with van der Waals surface area (Å²) >= 11 is 0. The number of allylic oxidation sites excluding steroid dienone is 1. The second kappa shape index (κ2) is 6.90. The number of hydrogen-bond donors (Lipinski definition) is 1. The Bertz CT molecular complexity index is 745. The van der Waals surface area contributed by atoms with Gasteiger partial charge in [0.15, 0.2) is 0 Å². The lowest BCUT2D eigenvalue weighted by Gasteiger charge is -2.60. The SMILES string of the molecule is C=C1CC2C3C(F)CC(=O)[C@@]3(C)CCC2[C@@]2(C)CCC(=NO[C@@H]3CCNC3)C[C@H]12. The van der Waals surface area contributed by atoms with Crippen molar-refractivity contribution in [1.82, 2.24) is 5.32 Å². The third-order valence-electron chi connectivity index (χ3n) is 9.47. The van der Waals surface area contributed by atoms with Crippen LogP contribution in [0.25, 0.3) is 0 Å². The van der Waals surface area contributed by atoms with Gasteiger partial charge in [-0.1, -0.05) is 31.2 Å². The van der Waals surface area contributed by atoms with E-state index in [2.05, 4.69) is 24.0 Å². The Labute approximate surface area is 173 Å². The van der Waals surface area contributed by atoms with Crippen LogP contribution in [0.3, 0.4) is 0 Å². The van der Waals surface area contributed by atoms with Crippen LogP contribution in [0.1, 0.15) is 65.2 Å². The first-order chi connectivity index (χ1) is 13.8. The molecule has 1 N–H and O–H groups in total. The zero-order valence-electron chi connectivity index (χ0n) is 17.9. The first-order valence-corrected chi connectivity index (χ1v) is 11.6. The number of oxime groups is 1. The average molecular weight is 403 g/mol. The minimum absolute atomic E-state index is 0.114. The van der Waals surface area contributed by atoms with Gasteiger partial charge < -0.3 is 10.2 Å². The van der Waals surface area contributed by atoms with Gasteiger partial charge >= 0.3 is 0 Å². The summed E-state index contributed by atoms with van der Waals surface area (Å²) in [6.07, 6.45) is 6.12. The Morgan fingerprint density at radius 3 is 2.79 bits per heavy atom. The molecule has 0 aromatic carbocycles. The third-order valence-corrected chi connectivity index (χ3v) is 9.47. The third kappa shape index (κ3) is 2.94. The van der Waals surface area contributed by atoms with Crippen LogP contribution in [0.2, 0.25) is 0 Å². The molecule has 5 aliphatic rings. The number of hydrogen-bond acceptors (Lipinski definition) is 4. The Kier molecular flexibility index (Phi) is 4.69. The lowest BCUT2D eigenvalue weighted by atomic mass is 9.44. The molecule has 8 atom stereocenters. The fourth-order valence-corrected chi connectivity index (χ4v) is 7.79. The smallest absolute Gasteiger partial charge is 0.142 e. The van der Waals surface area contributed by atoms with Gasteiger partial charge in [0.1, 0.15) is 18.1 Å². The number of ketones is 1. The van der Waals surface area contributed by atoms with Gasteiger partial charge in [0.05, 0.1) is 5.71 Å². The molecule has 160 valence electrons. The van der Waals surface area contributed by atoms with Crippen molar-refractivity contribution in [1.29, 1.82) is 0 Å². The zero-order valence-corrected chi connectivity index (χ0v) is 17.9. The summed E-state index contributed by atoms with van der Waals surface area (Å²) in [5.74, 6) is 1.20. The lowest BCUT2D eigenvalue weighted by molar-refractivity contribution is -0.135. The molecule has 1 saturated heterocycles. The van der Waals surface area contributed by atoms with Crippen molar-refractivity contribution >= 4 is 11.5 Å². The number of rotatable bonds is 2. The number of alkyl halides is 1. The van der Waals surface area contributed by atoms with E-state index in [9.17, 15) is 4.79 Å². The van der Waals surface area contributed by atoms with Gasteiger partial charge in [0.25, 0.3) is 0 Å². The van der Waals surface area contributed by atoms with Crippen molar-refractivity contribution in [3.8, 4) is 0 Å². The standard InChI is InChI=1S/C24H35FN2O2/c1-14-10-17-18(5-8-24(3)21(28)12-20(25)22(17)24)23(2)7-4-15(11-19(14)23)27-29-16-6-9-26-13-16/h16-20,22,26H,1,4-13H2,2-3H3/t16-,17?,18?,19-,20?,22?,23-,24-/m1/s1. The maximum Gasteiger partial charge on any atom is 0.142 e. The van der Waals surface area contributed by atoms with Crippen molar-refractivity contribution in [2.24, 2.45) is 39.7 Å². The highest BCUT2D eigenvalue weighted by Crippen LogP contribution is 2.66. The fraction of sp³-hybridized carbons (Fsp3) is 0.833. The molecule has 5 heteroatoms. The highest BCUT2D eigenvalue weighted by molar-refractivity contribution is 5.88. The molecular weight excluding hydrogens is 367 g/mol. The lowest BCUT2D eigenvalue weighted by Crippen LogP contribution is -2.55. The number of Topliss-reactive ketones (excluding diaryl/α,β-unsaturated/α-hetero) is 1. The highest BCUT2D eigenvalue weighted by Gasteiger charge is 2.63. The first-order valence-electron chi connectivity index (χ1n) is 11.6. The van der Waals surface area contributed by atoms with Crippen molar-refractivity contribution in [3.63, 3.8) is 0 Å². The van der Waals surface area contributed by atoms with Gasteiger partial charge in [-0.3, -0.25) is 4.79 Å². The molecule has 0 amide bonds. The van der Waals surface area contributed by atoms with Crippen molar-refractivity contribution in [2.45, 2.75) is 77.5 Å². The number of halogens is 1. The van der Waals surface area contributed by atoms with Crippen molar-refractivity contribution < 1.29 is 14.0 Å². The van der Waals surface area contributed by atoms with Crippen LogP contribution in [0.5, 0.6) is 0 Å².